The van der Waals surface area contributed by atoms with E-state index in [-0.39, 0.29) is 11.6 Å². The maximum Gasteiger partial charge on any atom is 0.180 e. The molecule has 1 aromatic heterocycles. The third kappa shape index (κ3) is 2.01. The average Bonchev–Trinajstić information content (AvgIpc) is 2.85. The number of carbonyl (C=O) groups excluding carboxylic acids is 2. The van der Waals surface area contributed by atoms with E-state index in [4.69, 9.17) is 0 Å². The van der Waals surface area contributed by atoms with E-state index in [0.29, 0.717) is 16.8 Å². The minimum atomic E-state index is -0.838. The number of hydrogen-bond acceptors (Lipinski definition) is 3. The van der Waals surface area contributed by atoms with E-state index in [0.717, 1.165) is 16.5 Å². The van der Waals surface area contributed by atoms with Crippen LogP contribution in [-0.2, 0) is 0 Å². The fraction of sp³-hybridized carbons (Fsp3) is 0.0500. The van der Waals surface area contributed by atoms with Gasteiger partial charge in [-0.2, -0.15) is 0 Å². The third-order valence-electron chi connectivity index (χ3n) is 4.25. The minimum absolute atomic E-state index is 0.177. The predicted octanol–water partition coefficient (Wildman–Crippen LogP) is 4.04. The lowest BCUT2D eigenvalue weighted by atomic mass is 9.98. The number of Topliss-reactive ketones (excluding diaryl/α,β-unsaturated/α-hetero) is 2. The number of para-hydroxylation sites is 1. The summed E-state index contributed by atoms with van der Waals surface area (Å²) in [4.78, 5) is 29.9. The van der Waals surface area contributed by atoms with E-state index in [9.17, 15) is 9.59 Å². The second-order valence-corrected chi connectivity index (χ2v) is 5.60. The Kier molecular flexibility index (Phi) is 2.95. The van der Waals surface area contributed by atoms with Gasteiger partial charge in [0.05, 0.1) is 11.2 Å². The Morgan fingerprint density at radius 2 is 1.70 bits per heavy atom. The summed E-state index contributed by atoms with van der Waals surface area (Å²) in [6.45, 7) is 3.70. The lowest BCUT2D eigenvalue weighted by Gasteiger charge is -2.07. The Labute approximate surface area is 133 Å². The Morgan fingerprint density at radius 3 is 2.52 bits per heavy atom. The van der Waals surface area contributed by atoms with Crippen LogP contribution in [0.3, 0.4) is 0 Å². The van der Waals surface area contributed by atoms with Crippen molar-refractivity contribution >= 4 is 28.5 Å². The van der Waals surface area contributed by atoms with E-state index < -0.39 is 5.92 Å². The van der Waals surface area contributed by atoms with Gasteiger partial charge in [0.15, 0.2) is 11.6 Å². The molecule has 0 spiro atoms. The molecule has 3 aromatic rings. The van der Waals surface area contributed by atoms with Gasteiger partial charge in [-0.15, -0.1) is 0 Å². The van der Waals surface area contributed by atoms with Crippen LogP contribution >= 0.6 is 0 Å². The highest BCUT2D eigenvalue weighted by Crippen LogP contribution is 2.34. The first kappa shape index (κ1) is 13.6. The van der Waals surface area contributed by atoms with E-state index in [1.165, 1.54) is 0 Å². The number of benzene rings is 2. The van der Waals surface area contributed by atoms with E-state index in [1.54, 1.807) is 30.3 Å². The molecule has 3 nitrogen and oxygen atoms in total. The van der Waals surface area contributed by atoms with Crippen LogP contribution < -0.4 is 0 Å². The highest BCUT2D eigenvalue weighted by molar-refractivity contribution is 6.29. The Morgan fingerprint density at radius 1 is 0.913 bits per heavy atom. The molecule has 3 heteroatoms. The van der Waals surface area contributed by atoms with E-state index >= 15 is 0 Å². The van der Waals surface area contributed by atoms with Crippen LogP contribution in [-0.4, -0.2) is 16.6 Å². The Balaban J connectivity index is 1.84. The molecule has 1 atom stereocenters. The fourth-order valence-electron chi connectivity index (χ4n) is 3.05. The monoisotopic (exact) mass is 299 g/mol. The van der Waals surface area contributed by atoms with E-state index in [2.05, 4.69) is 11.6 Å². The highest BCUT2D eigenvalue weighted by atomic mass is 16.2. The standard InChI is InChI=1S/C20H13NO2/c1-2-12-7-9-14-15(11-12)20(23)18(19(14)22)17-10-8-13-5-3-4-6-16(13)21-17/h2-11,18H,1H2. The van der Waals surface area contributed by atoms with Crippen LogP contribution in [0.4, 0.5) is 0 Å². The summed E-state index contributed by atoms with van der Waals surface area (Å²) in [6.07, 6.45) is 1.67. The van der Waals surface area contributed by atoms with Gasteiger partial charge < -0.3 is 0 Å². The zero-order valence-electron chi connectivity index (χ0n) is 12.3. The summed E-state index contributed by atoms with van der Waals surface area (Å²) in [5.74, 6) is -1.20. The Hall–Kier alpha value is -3.07. The van der Waals surface area contributed by atoms with Crippen LogP contribution in [0.5, 0.6) is 0 Å². The first-order valence-corrected chi connectivity index (χ1v) is 7.39. The van der Waals surface area contributed by atoms with Gasteiger partial charge in [-0.25, -0.2) is 0 Å². The summed E-state index contributed by atoms with van der Waals surface area (Å²) in [6, 6.07) is 16.6. The zero-order valence-corrected chi connectivity index (χ0v) is 12.3. The first-order chi connectivity index (χ1) is 11.2. The molecule has 0 radical (unpaired) electrons. The topological polar surface area (TPSA) is 47.0 Å². The van der Waals surface area contributed by atoms with Gasteiger partial charge >= 0.3 is 0 Å². The maximum atomic E-state index is 12.7. The normalized spacial score (nSPS) is 16.6. The van der Waals surface area contributed by atoms with Gasteiger partial charge in [0, 0.05) is 16.5 Å². The van der Waals surface area contributed by atoms with Crippen LogP contribution in [0.2, 0.25) is 0 Å². The van der Waals surface area contributed by atoms with Crippen molar-refractivity contribution in [3.05, 3.63) is 83.6 Å². The smallest absolute Gasteiger partial charge is 0.180 e. The summed E-state index contributed by atoms with van der Waals surface area (Å²) < 4.78 is 0. The third-order valence-corrected chi connectivity index (χ3v) is 4.25. The van der Waals surface area contributed by atoms with Gasteiger partial charge in [-0.3, -0.25) is 14.6 Å². The molecule has 1 aliphatic rings. The largest absolute Gasteiger partial charge is 0.293 e. The molecule has 4 rings (SSSR count). The van der Waals surface area contributed by atoms with Gasteiger partial charge in [-0.1, -0.05) is 49.1 Å². The van der Waals surface area contributed by atoms with Gasteiger partial charge in [0.25, 0.3) is 0 Å². The molecule has 1 heterocycles. The lowest BCUT2D eigenvalue weighted by Crippen LogP contribution is -2.14. The van der Waals surface area contributed by atoms with Crippen molar-refractivity contribution in [2.75, 3.05) is 0 Å². The summed E-state index contributed by atoms with van der Waals surface area (Å²) in [5.41, 5.74) is 3.06. The lowest BCUT2D eigenvalue weighted by molar-refractivity contribution is 0.0888. The molecular formula is C20H13NO2. The van der Waals surface area contributed by atoms with Crippen LogP contribution in [0, 0.1) is 0 Å². The number of hydrogen-bond donors (Lipinski definition) is 0. The van der Waals surface area contributed by atoms with E-state index in [1.807, 2.05) is 30.3 Å². The predicted molar refractivity (Wildman–Crippen MR) is 89.7 cm³/mol. The molecular weight excluding hydrogens is 286 g/mol. The average molecular weight is 299 g/mol. The number of rotatable bonds is 2. The molecule has 23 heavy (non-hydrogen) atoms. The van der Waals surface area contributed by atoms with Crippen LogP contribution in [0.25, 0.3) is 17.0 Å². The van der Waals surface area contributed by atoms with Gasteiger partial charge in [-0.05, 0) is 23.8 Å². The Bertz CT molecular complexity index is 988. The molecule has 0 bridgehead atoms. The van der Waals surface area contributed by atoms with Crippen molar-refractivity contribution < 1.29 is 9.59 Å². The molecule has 0 aliphatic heterocycles. The fourth-order valence-corrected chi connectivity index (χ4v) is 3.05. The van der Waals surface area contributed by atoms with Crippen LogP contribution in [0.1, 0.15) is 37.9 Å². The summed E-state index contributed by atoms with van der Waals surface area (Å²) >= 11 is 0. The SMILES string of the molecule is C=Cc1ccc2c(c1)C(=O)C(c1ccc3ccccc3n1)C2=O. The van der Waals surface area contributed by atoms with Crippen molar-refractivity contribution in [3.63, 3.8) is 0 Å². The molecule has 0 saturated carbocycles. The second kappa shape index (κ2) is 4.99. The summed E-state index contributed by atoms with van der Waals surface area (Å²) in [7, 11) is 0. The number of nitrogens with zero attached hydrogens (tertiary/aromatic N) is 1. The summed E-state index contributed by atoms with van der Waals surface area (Å²) in [5, 5.41) is 0.987. The van der Waals surface area contributed by atoms with Crippen molar-refractivity contribution in [2.45, 2.75) is 5.92 Å². The number of fused-ring (bicyclic) bond motifs is 2. The maximum absolute atomic E-state index is 12.7. The molecule has 1 unspecified atom stereocenters. The highest BCUT2D eigenvalue weighted by Gasteiger charge is 2.40. The van der Waals surface area contributed by atoms with Crippen molar-refractivity contribution in [2.24, 2.45) is 0 Å². The molecule has 0 saturated heterocycles. The molecule has 0 fully saturated rings. The van der Waals surface area contributed by atoms with Gasteiger partial charge in [0.2, 0.25) is 0 Å². The number of carbonyl (C=O) groups is 2. The number of aromatic nitrogens is 1. The molecule has 2 aromatic carbocycles. The number of ketones is 2. The molecule has 0 N–H and O–H groups in total. The second-order valence-electron chi connectivity index (χ2n) is 5.60. The molecule has 0 amide bonds. The molecule has 1 aliphatic carbocycles. The molecule has 110 valence electrons. The van der Waals surface area contributed by atoms with Crippen molar-refractivity contribution in [1.29, 1.82) is 0 Å². The van der Waals surface area contributed by atoms with Gasteiger partial charge in [0.1, 0.15) is 5.92 Å². The van der Waals surface area contributed by atoms with Crippen molar-refractivity contribution in [3.8, 4) is 0 Å². The minimum Gasteiger partial charge on any atom is -0.293 e. The zero-order chi connectivity index (χ0) is 16.0. The quantitative estimate of drug-likeness (QED) is 0.671. The first-order valence-electron chi connectivity index (χ1n) is 7.39. The number of pyridine rings is 1. The van der Waals surface area contributed by atoms with Crippen LogP contribution in [0.15, 0.2) is 61.2 Å². The van der Waals surface area contributed by atoms with Crippen molar-refractivity contribution in [1.82, 2.24) is 4.98 Å².